The standard InChI is InChI=1S/C36H46FN5O5/c1-22-8-5-9-24-16-25(43)17-26(27(22)24)30-29(37)31-28(33(38-30)45-4)32(41-11-7-14-46-15-13-41)40-34(39-31)47-21-36-10-6-12-42(36)20-23(19-36)18-35(2,3)44/h16-18,22,43-44H,5-15,19-21H2,1-4H3/b23-18-. The van der Waals surface area contributed by atoms with Crippen molar-refractivity contribution in [2.24, 2.45) is 0 Å². The van der Waals surface area contributed by atoms with E-state index in [0.29, 0.717) is 49.7 Å². The van der Waals surface area contributed by atoms with Crippen LogP contribution in [-0.4, -0.2) is 94.3 Å². The molecule has 0 bridgehead atoms. The van der Waals surface area contributed by atoms with Crippen LogP contribution in [0.2, 0.25) is 0 Å². The van der Waals surface area contributed by atoms with Gasteiger partial charge in [-0.2, -0.15) is 9.97 Å². The van der Waals surface area contributed by atoms with Gasteiger partial charge in [0, 0.05) is 31.8 Å². The maximum atomic E-state index is 17.0. The minimum absolute atomic E-state index is 0.0763. The first kappa shape index (κ1) is 32.0. The number of aliphatic hydroxyl groups is 1. The molecule has 3 aromatic rings. The molecule has 2 aromatic heterocycles. The summed E-state index contributed by atoms with van der Waals surface area (Å²) in [6.07, 6.45) is 8.36. The van der Waals surface area contributed by atoms with Gasteiger partial charge in [-0.1, -0.05) is 18.6 Å². The summed E-state index contributed by atoms with van der Waals surface area (Å²) in [4.78, 5) is 18.9. The molecule has 2 N–H and O–H groups in total. The first-order valence-corrected chi connectivity index (χ1v) is 17.0. The van der Waals surface area contributed by atoms with E-state index < -0.39 is 11.4 Å². The van der Waals surface area contributed by atoms with Crippen molar-refractivity contribution in [3.8, 4) is 28.9 Å². The lowest BCUT2D eigenvalue weighted by molar-refractivity contribution is 0.108. The second kappa shape index (κ2) is 12.5. The molecule has 1 aliphatic carbocycles. The summed E-state index contributed by atoms with van der Waals surface area (Å²) in [5.41, 5.74) is 2.84. The van der Waals surface area contributed by atoms with E-state index in [4.69, 9.17) is 29.2 Å². The SMILES string of the molecule is COc1nc(-c2cc(O)cc3c2C(C)CCC3)c(F)c2nc(OCC34CCCN3C/C(=C\C(C)(C)O)C4)nc(N3CCCOCC3)c12. The summed E-state index contributed by atoms with van der Waals surface area (Å²) in [6, 6.07) is 3.49. The summed E-state index contributed by atoms with van der Waals surface area (Å²) in [7, 11) is 1.52. The van der Waals surface area contributed by atoms with Crippen molar-refractivity contribution in [2.45, 2.75) is 82.8 Å². The number of aromatic nitrogens is 3. The number of ether oxygens (including phenoxy) is 3. The molecule has 3 aliphatic heterocycles. The third-order valence-electron chi connectivity index (χ3n) is 10.2. The molecule has 1 aromatic carbocycles. The molecule has 0 amide bonds. The number of rotatable bonds is 7. The summed E-state index contributed by atoms with van der Waals surface area (Å²) in [5, 5.41) is 21.5. The molecule has 5 heterocycles. The molecule has 3 fully saturated rings. The van der Waals surface area contributed by atoms with Crippen molar-refractivity contribution < 1.29 is 28.8 Å². The molecule has 252 valence electrons. The Bertz CT molecular complexity index is 1700. The number of hydrogen-bond donors (Lipinski definition) is 2. The minimum atomic E-state index is -0.890. The predicted octanol–water partition coefficient (Wildman–Crippen LogP) is 5.53. The Morgan fingerprint density at radius 3 is 2.79 bits per heavy atom. The lowest BCUT2D eigenvalue weighted by Crippen LogP contribution is -2.43. The number of fused-ring (bicyclic) bond motifs is 3. The van der Waals surface area contributed by atoms with E-state index in [2.05, 4.69) is 16.7 Å². The highest BCUT2D eigenvalue weighted by atomic mass is 19.1. The zero-order chi connectivity index (χ0) is 32.9. The van der Waals surface area contributed by atoms with E-state index in [1.54, 1.807) is 26.0 Å². The van der Waals surface area contributed by atoms with Crippen molar-refractivity contribution in [3.63, 3.8) is 0 Å². The molecule has 47 heavy (non-hydrogen) atoms. The first-order valence-electron chi connectivity index (χ1n) is 17.0. The maximum absolute atomic E-state index is 17.0. The number of pyridine rings is 1. The smallest absolute Gasteiger partial charge is 0.319 e. The van der Waals surface area contributed by atoms with Gasteiger partial charge < -0.3 is 29.3 Å². The fourth-order valence-electron chi connectivity index (χ4n) is 8.28. The summed E-state index contributed by atoms with van der Waals surface area (Å²) in [5.74, 6) is 0.403. The van der Waals surface area contributed by atoms with Gasteiger partial charge in [-0.3, -0.25) is 4.90 Å². The van der Waals surface area contributed by atoms with E-state index in [9.17, 15) is 10.2 Å². The Kier molecular flexibility index (Phi) is 8.51. The summed E-state index contributed by atoms with van der Waals surface area (Å²) in [6.45, 7) is 10.2. The Balaban J connectivity index is 1.35. The summed E-state index contributed by atoms with van der Waals surface area (Å²) >= 11 is 0. The quantitative estimate of drug-likeness (QED) is 0.318. The van der Waals surface area contributed by atoms with Crippen molar-refractivity contribution in [2.75, 3.05) is 58.0 Å². The molecule has 2 atom stereocenters. The number of aromatic hydroxyl groups is 1. The lowest BCUT2D eigenvalue weighted by atomic mass is 9.80. The fraction of sp³-hybridized carbons (Fsp3) is 0.583. The zero-order valence-electron chi connectivity index (χ0n) is 27.9. The van der Waals surface area contributed by atoms with E-state index in [1.807, 2.05) is 6.08 Å². The average Bonchev–Trinajstić information content (AvgIpc) is 3.42. The van der Waals surface area contributed by atoms with Crippen LogP contribution < -0.4 is 14.4 Å². The minimum Gasteiger partial charge on any atom is -0.508 e. The van der Waals surface area contributed by atoms with Crippen LogP contribution in [0, 0.1) is 5.82 Å². The monoisotopic (exact) mass is 647 g/mol. The van der Waals surface area contributed by atoms with Gasteiger partial charge in [0.25, 0.3) is 0 Å². The average molecular weight is 648 g/mol. The molecule has 0 radical (unpaired) electrons. The van der Waals surface area contributed by atoms with Crippen molar-refractivity contribution in [1.82, 2.24) is 19.9 Å². The highest BCUT2D eigenvalue weighted by Crippen LogP contribution is 2.45. The van der Waals surface area contributed by atoms with Crippen LogP contribution in [0.25, 0.3) is 22.2 Å². The Morgan fingerprint density at radius 1 is 1.13 bits per heavy atom. The second-order valence-electron chi connectivity index (χ2n) is 14.3. The van der Waals surface area contributed by atoms with Crippen molar-refractivity contribution in [1.29, 1.82) is 0 Å². The largest absolute Gasteiger partial charge is 0.508 e. The number of methoxy groups -OCH3 is 1. The Labute approximate surface area is 275 Å². The van der Waals surface area contributed by atoms with Crippen molar-refractivity contribution in [3.05, 3.63) is 40.7 Å². The second-order valence-corrected chi connectivity index (χ2v) is 14.3. The van der Waals surface area contributed by atoms with E-state index in [1.165, 1.54) is 12.7 Å². The van der Waals surface area contributed by atoms with Crippen LogP contribution in [0.4, 0.5) is 10.2 Å². The number of nitrogens with zero attached hydrogens (tertiary/aromatic N) is 5. The number of aryl methyl sites for hydroxylation is 1. The van der Waals surface area contributed by atoms with Gasteiger partial charge in [-0.05, 0) is 94.5 Å². The van der Waals surface area contributed by atoms with Crippen LogP contribution in [-0.2, 0) is 11.2 Å². The van der Waals surface area contributed by atoms with Gasteiger partial charge in [0.05, 0.1) is 24.9 Å². The van der Waals surface area contributed by atoms with Crippen LogP contribution in [0.1, 0.15) is 76.3 Å². The van der Waals surface area contributed by atoms with Crippen LogP contribution in [0.5, 0.6) is 17.6 Å². The van der Waals surface area contributed by atoms with Gasteiger partial charge in [0.1, 0.15) is 34.8 Å². The van der Waals surface area contributed by atoms with Gasteiger partial charge >= 0.3 is 6.01 Å². The topological polar surface area (TPSA) is 113 Å². The van der Waals surface area contributed by atoms with Crippen molar-refractivity contribution >= 4 is 16.7 Å². The number of phenolic OH excluding ortho intramolecular Hbond substituents is 1. The van der Waals surface area contributed by atoms with Crippen LogP contribution >= 0.6 is 0 Å². The molecule has 4 aliphatic rings. The van der Waals surface area contributed by atoms with Gasteiger partial charge in [-0.15, -0.1) is 0 Å². The third kappa shape index (κ3) is 6.13. The molecular formula is C36H46FN5O5. The highest BCUT2D eigenvalue weighted by Gasteiger charge is 2.47. The van der Waals surface area contributed by atoms with E-state index >= 15 is 4.39 Å². The predicted molar refractivity (Wildman–Crippen MR) is 178 cm³/mol. The molecule has 7 rings (SSSR count). The molecule has 11 heteroatoms. The zero-order valence-corrected chi connectivity index (χ0v) is 27.9. The van der Waals surface area contributed by atoms with Gasteiger partial charge in [-0.25, -0.2) is 9.37 Å². The molecule has 0 saturated carbocycles. The normalized spacial score (nSPS) is 24.4. The van der Waals surface area contributed by atoms with E-state index in [0.717, 1.165) is 69.2 Å². The number of hydrogen-bond acceptors (Lipinski definition) is 10. The van der Waals surface area contributed by atoms with Gasteiger partial charge in [0.2, 0.25) is 5.88 Å². The van der Waals surface area contributed by atoms with E-state index in [-0.39, 0.29) is 40.3 Å². The number of benzene rings is 1. The Hall–Kier alpha value is -3.54. The molecule has 10 nitrogen and oxygen atoms in total. The molecule has 3 saturated heterocycles. The number of halogens is 1. The number of anilines is 1. The lowest BCUT2D eigenvalue weighted by Gasteiger charge is -2.31. The fourth-order valence-corrected chi connectivity index (χ4v) is 8.28. The molecule has 0 spiro atoms. The maximum Gasteiger partial charge on any atom is 0.319 e. The van der Waals surface area contributed by atoms with Gasteiger partial charge in [0.15, 0.2) is 5.82 Å². The Morgan fingerprint density at radius 2 is 1.98 bits per heavy atom. The van der Waals surface area contributed by atoms with Crippen LogP contribution in [0.15, 0.2) is 23.8 Å². The highest BCUT2D eigenvalue weighted by molar-refractivity contribution is 5.97. The van der Waals surface area contributed by atoms with Crippen LogP contribution in [0.3, 0.4) is 0 Å². The molecule has 2 unspecified atom stereocenters. The number of phenols is 1. The molecular weight excluding hydrogens is 601 g/mol. The summed E-state index contributed by atoms with van der Waals surface area (Å²) < 4.78 is 35.1. The third-order valence-corrected chi connectivity index (χ3v) is 10.2. The first-order chi connectivity index (χ1) is 22.5.